The summed E-state index contributed by atoms with van der Waals surface area (Å²) < 4.78 is 5.08. The quantitative estimate of drug-likeness (QED) is 0.781. The van der Waals surface area contributed by atoms with Crippen LogP contribution in [0.25, 0.3) is 0 Å². The van der Waals surface area contributed by atoms with E-state index in [0.29, 0.717) is 5.75 Å². The lowest BCUT2D eigenvalue weighted by atomic mass is 10.2. The Morgan fingerprint density at radius 2 is 2.12 bits per heavy atom. The van der Waals surface area contributed by atoms with Crippen molar-refractivity contribution >= 4 is 17.9 Å². The molecule has 0 fully saturated rings. The fraction of sp³-hybridized carbons (Fsp3) is 0.727. The van der Waals surface area contributed by atoms with Gasteiger partial charge in [0.05, 0.1) is 12.6 Å². The van der Waals surface area contributed by atoms with E-state index >= 15 is 0 Å². The highest BCUT2D eigenvalue weighted by Crippen LogP contribution is 2.13. The molecule has 0 bridgehead atoms. The van der Waals surface area contributed by atoms with Crippen LogP contribution in [0.5, 0.6) is 0 Å². The second kappa shape index (κ2) is 6.81. The van der Waals surface area contributed by atoms with Gasteiger partial charge in [-0.15, -0.1) is 11.8 Å². The zero-order chi connectivity index (χ0) is 12.8. The third-order valence-corrected chi connectivity index (χ3v) is 2.53. The summed E-state index contributed by atoms with van der Waals surface area (Å²) in [6.07, 6.45) is -0.506. The van der Waals surface area contributed by atoms with E-state index in [1.165, 1.54) is 11.8 Å². The smallest absolute Gasteiger partial charge is 0.407 e. The third-order valence-electron chi connectivity index (χ3n) is 1.47. The average Bonchev–Trinajstić information content (AvgIpc) is 2.08. The van der Waals surface area contributed by atoms with Gasteiger partial charge in [0.25, 0.3) is 0 Å². The molecule has 0 aromatic heterocycles. The van der Waals surface area contributed by atoms with Gasteiger partial charge in [0.2, 0.25) is 0 Å². The van der Waals surface area contributed by atoms with Crippen molar-refractivity contribution in [2.45, 2.75) is 39.3 Å². The normalized spacial score (nSPS) is 13.1. The number of ether oxygens (including phenoxy) is 1. The van der Waals surface area contributed by atoms with Gasteiger partial charge in [-0.3, -0.25) is 0 Å². The molecule has 0 heterocycles. The van der Waals surface area contributed by atoms with Gasteiger partial charge in [0.15, 0.2) is 0 Å². The van der Waals surface area contributed by atoms with E-state index in [0.717, 1.165) is 4.91 Å². The van der Waals surface area contributed by atoms with Crippen LogP contribution in [-0.2, 0) is 4.74 Å². The van der Waals surface area contributed by atoms with Crippen molar-refractivity contribution in [1.29, 1.82) is 0 Å². The van der Waals surface area contributed by atoms with E-state index < -0.39 is 11.7 Å². The standard InChI is InChI=1S/C11H21NO3S/c1-8(2)16-7-9(6-13)12-10(14)15-11(3,4)5/h9,13H,1,6-7H2,2-5H3,(H,12,14)/t9-/m0/s1. The second-order valence-electron chi connectivity index (χ2n) is 4.54. The molecular formula is C11H21NO3S. The predicted octanol–water partition coefficient (Wildman–Crippen LogP) is 2.14. The van der Waals surface area contributed by atoms with Crippen LogP contribution in [0.4, 0.5) is 4.79 Å². The topological polar surface area (TPSA) is 58.6 Å². The first-order chi connectivity index (χ1) is 7.24. The number of nitrogens with one attached hydrogen (secondary N) is 1. The first-order valence-electron chi connectivity index (χ1n) is 5.13. The zero-order valence-corrected chi connectivity index (χ0v) is 11.2. The van der Waals surface area contributed by atoms with Crippen molar-refractivity contribution in [2.75, 3.05) is 12.4 Å². The second-order valence-corrected chi connectivity index (χ2v) is 5.86. The number of hydrogen-bond donors (Lipinski definition) is 2. The van der Waals surface area contributed by atoms with Crippen molar-refractivity contribution in [3.8, 4) is 0 Å². The largest absolute Gasteiger partial charge is 0.444 e. The summed E-state index contributed by atoms with van der Waals surface area (Å²) in [7, 11) is 0. The lowest BCUT2D eigenvalue weighted by molar-refractivity contribution is 0.0491. The molecule has 0 aliphatic carbocycles. The number of aliphatic hydroxyl groups is 1. The van der Waals surface area contributed by atoms with E-state index in [1.54, 1.807) is 20.8 Å². The Labute approximate surface area is 101 Å². The molecule has 0 saturated heterocycles. The molecule has 16 heavy (non-hydrogen) atoms. The van der Waals surface area contributed by atoms with Gasteiger partial charge in [0, 0.05) is 5.75 Å². The molecule has 4 nitrogen and oxygen atoms in total. The number of carbonyl (C=O) groups excluding carboxylic acids is 1. The van der Waals surface area contributed by atoms with Gasteiger partial charge in [-0.25, -0.2) is 4.79 Å². The van der Waals surface area contributed by atoms with E-state index in [-0.39, 0.29) is 12.6 Å². The van der Waals surface area contributed by atoms with Crippen LogP contribution in [0.1, 0.15) is 27.7 Å². The molecule has 0 aliphatic rings. The summed E-state index contributed by atoms with van der Waals surface area (Å²) in [4.78, 5) is 12.3. The Hall–Kier alpha value is -0.680. The Morgan fingerprint density at radius 3 is 2.50 bits per heavy atom. The number of allylic oxidation sites excluding steroid dienone is 1. The molecule has 1 amide bonds. The highest BCUT2D eigenvalue weighted by atomic mass is 32.2. The van der Waals surface area contributed by atoms with Gasteiger partial charge in [-0.05, 0) is 32.6 Å². The Morgan fingerprint density at radius 1 is 1.56 bits per heavy atom. The van der Waals surface area contributed by atoms with E-state index in [2.05, 4.69) is 11.9 Å². The first-order valence-corrected chi connectivity index (χ1v) is 6.12. The lowest BCUT2D eigenvalue weighted by Crippen LogP contribution is -2.42. The predicted molar refractivity (Wildman–Crippen MR) is 67.5 cm³/mol. The first kappa shape index (κ1) is 15.3. The summed E-state index contributed by atoms with van der Waals surface area (Å²) in [6.45, 7) is 10.9. The minimum Gasteiger partial charge on any atom is -0.444 e. The van der Waals surface area contributed by atoms with Crippen molar-refractivity contribution in [2.24, 2.45) is 0 Å². The number of carbonyl (C=O) groups is 1. The van der Waals surface area contributed by atoms with Crippen LogP contribution in [0, 0.1) is 0 Å². The summed E-state index contributed by atoms with van der Waals surface area (Å²) in [5.41, 5.74) is -0.522. The number of aliphatic hydroxyl groups excluding tert-OH is 1. The van der Waals surface area contributed by atoms with Crippen LogP contribution >= 0.6 is 11.8 Å². The monoisotopic (exact) mass is 247 g/mol. The highest BCUT2D eigenvalue weighted by molar-refractivity contribution is 8.03. The van der Waals surface area contributed by atoms with Crippen molar-refractivity contribution in [3.63, 3.8) is 0 Å². The zero-order valence-electron chi connectivity index (χ0n) is 10.4. The van der Waals surface area contributed by atoms with Crippen LogP contribution in [0.15, 0.2) is 11.5 Å². The molecule has 0 unspecified atom stereocenters. The van der Waals surface area contributed by atoms with Gasteiger partial charge in [-0.1, -0.05) is 6.58 Å². The number of amides is 1. The fourth-order valence-corrected chi connectivity index (χ4v) is 1.53. The Kier molecular flexibility index (Phi) is 6.52. The molecule has 0 rings (SSSR count). The number of rotatable bonds is 5. The van der Waals surface area contributed by atoms with E-state index in [9.17, 15) is 4.79 Å². The van der Waals surface area contributed by atoms with Crippen molar-refractivity contribution in [1.82, 2.24) is 5.32 Å². The summed E-state index contributed by atoms with van der Waals surface area (Å²) in [5, 5.41) is 11.7. The maximum Gasteiger partial charge on any atom is 0.407 e. The van der Waals surface area contributed by atoms with Crippen LogP contribution < -0.4 is 5.32 Å². The molecule has 0 radical (unpaired) electrons. The van der Waals surface area contributed by atoms with Gasteiger partial charge < -0.3 is 15.2 Å². The molecule has 94 valence electrons. The summed E-state index contributed by atoms with van der Waals surface area (Å²) >= 11 is 1.50. The molecule has 0 saturated carbocycles. The lowest BCUT2D eigenvalue weighted by Gasteiger charge is -2.22. The molecule has 1 atom stereocenters. The van der Waals surface area contributed by atoms with Crippen LogP contribution in [0.2, 0.25) is 0 Å². The average molecular weight is 247 g/mol. The number of alkyl carbamates (subject to hydrolysis) is 1. The Balaban J connectivity index is 4.02. The van der Waals surface area contributed by atoms with E-state index in [4.69, 9.17) is 9.84 Å². The molecule has 0 aromatic carbocycles. The summed E-state index contributed by atoms with van der Waals surface area (Å²) in [5.74, 6) is 0.588. The van der Waals surface area contributed by atoms with Gasteiger partial charge in [0.1, 0.15) is 5.60 Å². The minimum absolute atomic E-state index is 0.112. The highest BCUT2D eigenvalue weighted by Gasteiger charge is 2.19. The molecular weight excluding hydrogens is 226 g/mol. The van der Waals surface area contributed by atoms with Gasteiger partial charge >= 0.3 is 6.09 Å². The van der Waals surface area contributed by atoms with Crippen molar-refractivity contribution in [3.05, 3.63) is 11.5 Å². The maximum atomic E-state index is 11.4. The fourth-order valence-electron chi connectivity index (χ4n) is 0.857. The third kappa shape index (κ3) is 8.61. The van der Waals surface area contributed by atoms with Crippen LogP contribution in [-0.4, -0.2) is 35.2 Å². The molecule has 0 aromatic rings. The molecule has 2 N–H and O–H groups in total. The van der Waals surface area contributed by atoms with Gasteiger partial charge in [-0.2, -0.15) is 0 Å². The molecule has 5 heteroatoms. The summed E-state index contributed by atoms with van der Waals surface area (Å²) in [6, 6.07) is -0.309. The van der Waals surface area contributed by atoms with Crippen molar-refractivity contribution < 1.29 is 14.6 Å². The van der Waals surface area contributed by atoms with Crippen LogP contribution in [0.3, 0.4) is 0 Å². The number of thioether (sulfide) groups is 1. The number of hydrogen-bond acceptors (Lipinski definition) is 4. The SMILES string of the molecule is C=C(C)SC[C@H](CO)NC(=O)OC(C)(C)C. The molecule has 0 spiro atoms. The minimum atomic E-state index is -0.522. The van der Waals surface area contributed by atoms with E-state index in [1.807, 2.05) is 6.92 Å². The molecule has 0 aliphatic heterocycles. The Bertz CT molecular complexity index is 248. The maximum absolute atomic E-state index is 11.4.